The Morgan fingerprint density at radius 1 is 1.26 bits per heavy atom. The average Bonchev–Trinajstić information content (AvgIpc) is 2.92. The Kier molecular flexibility index (Phi) is 4.28. The van der Waals surface area contributed by atoms with E-state index in [0.717, 1.165) is 28.0 Å². The summed E-state index contributed by atoms with van der Waals surface area (Å²) in [7, 11) is 1.60. The number of methoxy groups -OCH3 is 1. The number of hydrogen-bond donors (Lipinski definition) is 1. The molecule has 118 valence electrons. The van der Waals surface area contributed by atoms with E-state index < -0.39 is 0 Å². The van der Waals surface area contributed by atoms with Crippen LogP contribution < -0.4 is 10.1 Å². The van der Waals surface area contributed by atoms with E-state index in [1.54, 1.807) is 7.11 Å². The first-order valence-electron chi connectivity index (χ1n) is 7.40. The number of carbonyl (C=O) groups is 1. The van der Waals surface area contributed by atoms with Gasteiger partial charge < -0.3 is 14.5 Å². The van der Waals surface area contributed by atoms with Gasteiger partial charge in [0.15, 0.2) is 11.5 Å². The van der Waals surface area contributed by atoms with E-state index in [1.807, 2.05) is 49.4 Å². The summed E-state index contributed by atoms with van der Waals surface area (Å²) in [5.74, 6) is 1.31. The molecule has 1 N–H and O–H groups in total. The van der Waals surface area contributed by atoms with Crippen LogP contribution in [0.3, 0.4) is 0 Å². The van der Waals surface area contributed by atoms with Crippen LogP contribution in [0.1, 0.15) is 17.0 Å². The number of amides is 1. The number of para-hydroxylation sites is 1. The largest absolute Gasteiger partial charge is 0.496 e. The van der Waals surface area contributed by atoms with Crippen molar-refractivity contribution in [2.45, 2.75) is 19.9 Å². The zero-order valence-electron chi connectivity index (χ0n) is 13.1. The Morgan fingerprint density at radius 2 is 2.09 bits per heavy atom. The van der Waals surface area contributed by atoms with Gasteiger partial charge in [-0.25, -0.2) is 4.98 Å². The lowest BCUT2D eigenvalue weighted by Gasteiger charge is -2.09. The van der Waals surface area contributed by atoms with Crippen LogP contribution in [0.4, 0.5) is 0 Å². The average molecular weight is 310 g/mol. The number of aromatic nitrogens is 1. The number of nitrogens with one attached hydrogen (secondary N) is 1. The van der Waals surface area contributed by atoms with Crippen LogP contribution in [-0.4, -0.2) is 18.0 Å². The highest BCUT2D eigenvalue weighted by Crippen LogP contribution is 2.18. The standard InChI is InChI=1S/C18H18N2O3/c1-12-20-15-9-13(7-8-17(15)23-12)11-19-18(21)10-14-5-3-4-6-16(14)22-2/h3-9H,10-11H2,1-2H3,(H,19,21). The minimum Gasteiger partial charge on any atom is -0.496 e. The Balaban J connectivity index is 1.63. The van der Waals surface area contributed by atoms with Crippen LogP contribution in [-0.2, 0) is 17.8 Å². The van der Waals surface area contributed by atoms with Gasteiger partial charge in [-0.05, 0) is 23.8 Å². The summed E-state index contributed by atoms with van der Waals surface area (Å²) < 4.78 is 10.7. The number of benzene rings is 2. The fourth-order valence-corrected chi connectivity index (χ4v) is 2.48. The van der Waals surface area contributed by atoms with E-state index in [0.29, 0.717) is 12.4 Å². The molecule has 0 aliphatic rings. The fraction of sp³-hybridized carbons (Fsp3) is 0.222. The zero-order valence-corrected chi connectivity index (χ0v) is 13.1. The third-order valence-corrected chi connectivity index (χ3v) is 3.59. The van der Waals surface area contributed by atoms with Crippen molar-refractivity contribution in [1.29, 1.82) is 0 Å². The van der Waals surface area contributed by atoms with E-state index in [2.05, 4.69) is 10.3 Å². The zero-order chi connectivity index (χ0) is 16.2. The molecular formula is C18H18N2O3. The minimum absolute atomic E-state index is 0.0501. The monoisotopic (exact) mass is 310 g/mol. The van der Waals surface area contributed by atoms with E-state index >= 15 is 0 Å². The predicted octanol–water partition coefficient (Wildman–Crippen LogP) is 3.00. The number of rotatable bonds is 5. The summed E-state index contributed by atoms with van der Waals surface area (Å²) in [6.45, 7) is 2.27. The highest BCUT2D eigenvalue weighted by atomic mass is 16.5. The molecule has 0 unspecified atom stereocenters. The highest BCUT2D eigenvalue weighted by Gasteiger charge is 2.09. The van der Waals surface area contributed by atoms with Gasteiger partial charge in [-0.3, -0.25) is 4.79 Å². The summed E-state index contributed by atoms with van der Waals surface area (Å²) in [5, 5.41) is 2.92. The van der Waals surface area contributed by atoms with Crippen molar-refractivity contribution in [2.75, 3.05) is 7.11 Å². The van der Waals surface area contributed by atoms with Gasteiger partial charge in [0.25, 0.3) is 0 Å². The lowest BCUT2D eigenvalue weighted by molar-refractivity contribution is -0.120. The number of hydrogen-bond acceptors (Lipinski definition) is 4. The lowest BCUT2D eigenvalue weighted by atomic mass is 10.1. The first-order valence-corrected chi connectivity index (χ1v) is 7.40. The molecule has 0 atom stereocenters. The maximum atomic E-state index is 12.1. The molecule has 0 fully saturated rings. The van der Waals surface area contributed by atoms with Crippen LogP contribution >= 0.6 is 0 Å². The van der Waals surface area contributed by atoms with Crippen molar-refractivity contribution in [2.24, 2.45) is 0 Å². The summed E-state index contributed by atoms with van der Waals surface area (Å²) >= 11 is 0. The van der Waals surface area contributed by atoms with Crippen LogP contribution in [0.25, 0.3) is 11.1 Å². The van der Waals surface area contributed by atoms with E-state index in [4.69, 9.17) is 9.15 Å². The third kappa shape index (κ3) is 3.51. The highest BCUT2D eigenvalue weighted by molar-refractivity contribution is 5.79. The number of fused-ring (bicyclic) bond motifs is 1. The first-order chi connectivity index (χ1) is 11.2. The topological polar surface area (TPSA) is 64.4 Å². The maximum absolute atomic E-state index is 12.1. The first kappa shape index (κ1) is 15.1. The van der Waals surface area contributed by atoms with E-state index in [-0.39, 0.29) is 12.3 Å². The SMILES string of the molecule is COc1ccccc1CC(=O)NCc1ccc2oc(C)nc2c1. The van der Waals surface area contributed by atoms with E-state index in [1.165, 1.54) is 0 Å². The molecule has 1 amide bonds. The number of carbonyl (C=O) groups excluding carboxylic acids is 1. The van der Waals surface area contributed by atoms with Crippen LogP contribution in [0.2, 0.25) is 0 Å². The Bertz CT molecular complexity index is 839. The van der Waals surface area contributed by atoms with Crippen molar-refractivity contribution in [3.8, 4) is 5.75 Å². The molecule has 2 aromatic carbocycles. The maximum Gasteiger partial charge on any atom is 0.224 e. The van der Waals surface area contributed by atoms with Crippen molar-refractivity contribution in [1.82, 2.24) is 10.3 Å². The van der Waals surface area contributed by atoms with Crippen LogP contribution in [0.5, 0.6) is 5.75 Å². The molecule has 5 nitrogen and oxygen atoms in total. The molecule has 23 heavy (non-hydrogen) atoms. The summed E-state index contributed by atoms with van der Waals surface area (Å²) in [4.78, 5) is 16.4. The molecule has 0 aliphatic carbocycles. The number of aryl methyl sites for hydroxylation is 1. The molecule has 0 bridgehead atoms. The van der Waals surface area contributed by atoms with Crippen molar-refractivity contribution >= 4 is 17.0 Å². The van der Waals surface area contributed by atoms with Gasteiger partial charge in [-0.1, -0.05) is 24.3 Å². The number of ether oxygens (including phenoxy) is 1. The Labute approximate surface area is 134 Å². The van der Waals surface area contributed by atoms with Gasteiger partial charge in [-0.15, -0.1) is 0 Å². The molecular weight excluding hydrogens is 292 g/mol. The number of nitrogens with zero attached hydrogens (tertiary/aromatic N) is 1. The van der Waals surface area contributed by atoms with Crippen molar-refractivity contribution < 1.29 is 13.9 Å². The molecule has 0 spiro atoms. The van der Waals surface area contributed by atoms with Gasteiger partial charge in [0.2, 0.25) is 5.91 Å². The van der Waals surface area contributed by atoms with Crippen molar-refractivity contribution in [3.05, 3.63) is 59.5 Å². The molecule has 1 aromatic heterocycles. The molecule has 0 saturated heterocycles. The molecule has 3 rings (SSSR count). The summed E-state index contributed by atoms with van der Waals surface area (Å²) in [5.41, 5.74) is 3.42. The van der Waals surface area contributed by atoms with Crippen molar-refractivity contribution in [3.63, 3.8) is 0 Å². The predicted molar refractivity (Wildman–Crippen MR) is 87.3 cm³/mol. The quantitative estimate of drug-likeness (QED) is 0.787. The molecule has 5 heteroatoms. The molecule has 0 saturated carbocycles. The molecule has 0 aliphatic heterocycles. The van der Waals surface area contributed by atoms with Gasteiger partial charge in [0.1, 0.15) is 11.3 Å². The lowest BCUT2D eigenvalue weighted by Crippen LogP contribution is -2.24. The molecule has 3 aromatic rings. The molecule has 0 radical (unpaired) electrons. The van der Waals surface area contributed by atoms with Gasteiger partial charge in [0.05, 0.1) is 13.5 Å². The summed E-state index contributed by atoms with van der Waals surface area (Å²) in [6, 6.07) is 13.2. The summed E-state index contributed by atoms with van der Waals surface area (Å²) in [6.07, 6.45) is 0.287. The Hall–Kier alpha value is -2.82. The van der Waals surface area contributed by atoms with Crippen LogP contribution in [0, 0.1) is 6.92 Å². The third-order valence-electron chi connectivity index (χ3n) is 3.59. The van der Waals surface area contributed by atoms with Gasteiger partial charge in [-0.2, -0.15) is 0 Å². The molecule has 1 heterocycles. The second-order valence-corrected chi connectivity index (χ2v) is 5.30. The second-order valence-electron chi connectivity index (χ2n) is 5.30. The van der Waals surface area contributed by atoms with Gasteiger partial charge >= 0.3 is 0 Å². The minimum atomic E-state index is -0.0501. The van der Waals surface area contributed by atoms with E-state index in [9.17, 15) is 4.79 Å². The fourth-order valence-electron chi connectivity index (χ4n) is 2.48. The van der Waals surface area contributed by atoms with Gasteiger partial charge in [0, 0.05) is 19.0 Å². The van der Waals surface area contributed by atoms with Crippen LogP contribution in [0.15, 0.2) is 46.9 Å². The number of oxazole rings is 1. The smallest absolute Gasteiger partial charge is 0.224 e. The second kappa shape index (κ2) is 6.52. The normalized spacial score (nSPS) is 10.7. The Morgan fingerprint density at radius 3 is 2.91 bits per heavy atom.